The summed E-state index contributed by atoms with van der Waals surface area (Å²) < 4.78 is 65.2. The molecule has 1 N–H and O–H groups in total. The van der Waals surface area contributed by atoms with Crippen LogP contribution in [0.3, 0.4) is 0 Å². The maximum absolute atomic E-state index is 13.0. The van der Waals surface area contributed by atoms with Gasteiger partial charge in [-0.1, -0.05) is 0 Å². The zero-order valence-corrected chi connectivity index (χ0v) is 12.1. The van der Waals surface area contributed by atoms with Crippen LogP contribution in [0.25, 0.3) is 0 Å². The summed E-state index contributed by atoms with van der Waals surface area (Å²) in [4.78, 5) is -0.564. The summed E-state index contributed by atoms with van der Waals surface area (Å²) in [6.45, 7) is 0. The fraction of sp³-hybridized carbons (Fsp3) is 0. The molecule has 0 aliphatic rings. The minimum Gasteiger partial charge on any atom is -0.278 e. The van der Waals surface area contributed by atoms with Crippen LogP contribution >= 0.6 is 15.9 Å². The van der Waals surface area contributed by atoms with E-state index < -0.39 is 32.4 Å². The van der Waals surface area contributed by atoms with E-state index in [0.29, 0.717) is 18.2 Å². The SMILES string of the molecule is O=S(=O)(Nc1ccc(F)cc1Br)c1cc(F)cc(F)c1. The van der Waals surface area contributed by atoms with Crippen LogP contribution in [-0.2, 0) is 10.0 Å². The molecule has 0 spiro atoms. The molecule has 0 fully saturated rings. The van der Waals surface area contributed by atoms with Gasteiger partial charge in [-0.15, -0.1) is 0 Å². The number of hydrogen-bond acceptors (Lipinski definition) is 2. The normalized spacial score (nSPS) is 11.4. The first-order valence-corrected chi connectivity index (χ1v) is 7.49. The molecule has 20 heavy (non-hydrogen) atoms. The molecule has 0 atom stereocenters. The van der Waals surface area contributed by atoms with Crippen LogP contribution in [0.5, 0.6) is 0 Å². The van der Waals surface area contributed by atoms with Crippen molar-refractivity contribution in [3.8, 4) is 0 Å². The van der Waals surface area contributed by atoms with E-state index in [2.05, 4.69) is 20.7 Å². The fourth-order valence-corrected chi connectivity index (χ4v) is 3.16. The van der Waals surface area contributed by atoms with Gasteiger partial charge in [-0.3, -0.25) is 4.72 Å². The van der Waals surface area contributed by atoms with Crippen molar-refractivity contribution in [2.75, 3.05) is 4.72 Å². The minimum atomic E-state index is -4.18. The lowest BCUT2D eigenvalue weighted by atomic mass is 10.3. The van der Waals surface area contributed by atoms with E-state index in [1.165, 1.54) is 6.07 Å². The fourth-order valence-electron chi connectivity index (χ4n) is 1.46. The van der Waals surface area contributed by atoms with Crippen LogP contribution in [0, 0.1) is 17.5 Å². The number of benzene rings is 2. The van der Waals surface area contributed by atoms with E-state index in [9.17, 15) is 21.6 Å². The van der Waals surface area contributed by atoms with Crippen molar-refractivity contribution < 1.29 is 21.6 Å². The highest BCUT2D eigenvalue weighted by Crippen LogP contribution is 2.26. The van der Waals surface area contributed by atoms with Gasteiger partial charge in [0, 0.05) is 10.5 Å². The highest BCUT2D eigenvalue weighted by atomic mass is 79.9. The third kappa shape index (κ3) is 3.31. The molecule has 2 rings (SSSR count). The van der Waals surface area contributed by atoms with Crippen molar-refractivity contribution in [1.29, 1.82) is 0 Å². The summed E-state index contributed by atoms with van der Waals surface area (Å²) in [5.74, 6) is -2.58. The minimum absolute atomic E-state index is 0.0519. The molecule has 0 aliphatic carbocycles. The van der Waals surface area contributed by atoms with E-state index in [4.69, 9.17) is 0 Å². The van der Waals surface area contributed by atoms with E-state index in [-0.39, 0.29) is 10.2 Å². The van der Waals surface area contributed by atoms with E-state index in [1.54, 1.807) is 0 Å². The lowest BCUT2D eigenvalue weighted by Gasteiger charge is -2.10. The second kappa shape index (κ2) is 5.45. The molecule has 0 unspecified atom stereocenters. The Morgan fingerprint density at radius 2 is 1.50 bits per heavy atom. The first-order valence-electron chi connectivity index (χ1n) is 5.22. The molecule has 2 aromatic rings. The predicted octanol–water partition coefficient (Wildman–Crippen LogP) is 3.67. The monoisotopic (exact) mass is 365 g/mol. The van der Waals surface area contributed by atoms with Crippen molar-refractivity contribution in [1.82, 2.24) is 0 Å². The largest absolute Gasteiger partial charge is 0.278 e. The van der Waals surface area contributed by atoms with Gasteiger partial charge in [0.1, 0.15) is 17.5 Å². The van der Waals surface area contributed by atoms with Crippen molar-refractivity contribution >= 4 is 31.6 Å². The molecule has 0 radical (unpaired) electrons. The summed E-state index contributed by atoms with van der Waals surface area (Å²) in [6.07, 6.45) is 0. The summed E-state index contributed by atoms with van der Waals surface area (Å²) in [7, 11) is -4.18. The molecule has 0 aliphatic heterocycles. The van der Waals surface area contributed by atoms with Gasteiger partial charge in [0.05, 0.1) is 10.6 Å². The number of anilines is 1. The van der Waals surface area contributed by atoms with Crippen LogP contribution in [0.4, 0.5) is 18.9 Å². The molecule has 0 saturated carbocycles. The Morgan fingerprint density at radius 3 is 2.05 bits per heavy atom. The Hall–Kier alpha value is -1.54. The third-order valence-electron chi connectivity index (χ3n) is 2.32. The van der Waals surface area contributed by atoms with Gasteiger partial charge in [0.2, 0.25) is 0 Å². The van der Waals surface area contributed by atoms with Gasteiger partial charge in [0.15, 0.2) is 0 Å². The molecule has 0 aromatic heterocycles. The van der Waals surface area contributed by atoms with E-state index in [1.807, 2.05) is 0 Å². The molecule has 2 aromatic carbocycles. The van der Waals surface area contributed by atoms with Gasteiger partial charge in [-0.25, -0.2) is 21.6 Å². The van der Waals surface area contributed by atoms with Gasteiger partial charge in [-0.2, -0.15) is 0 Å². The zero-order chi connectivity index (χ0) is 14.9. The van der Waals surface area contributed by atoms with Crippen molar-refractivity contribution in [3.05, 3.63) is 58.3 Å². The van der Waals surface area contributed by atoms with E-state index >= 15 is 0 Å². The standard InChI is InChI=1S/C12H7BrF3NO2S/c13-11-6-7(14)1-2-12(11)17-20(18,19)10-4-8(15)3-9(16)5-10/h1-6,17H. The Morgan fingerprint density at radius 1 is 0.900 bits per heavy atom. The Kier molecular flexibility index (Phi) is 4.05. The lowest BCUT2D eigenvalue weighted by molar-refractivity contribution is 0.568. The Bertz CT molecular complexity index is 745. The molecule has 106 valence electrons. The van der Waals surface area contributed by atoms with Crippen LogP contribution < -0.4 is 4.72 Å². The molecule has 0 saturated heterocycles. The Labute approximate surface area is 121 Å². The average Bonchev–Trinajstić information content (AvgIpc) is 2.31. The third-order valence-corrected chi connectivity index (χ3v) is 4.32. The molecule has 0 amide bonds. The zero-order valence-electron chi connectivity index (χ0n) is 9.70. The number of sulfonamides is 1. The second-order valence-electron chi connectivity index (χ2n) is 3.83. The topological polar surface area (TPSA) is 46.2 Å². The quantitative estimate of drug-likeness (QED) is 0.901. The lowest BCUT2D eigenvalue weighted by Crippen LogP contribution is -2.14. The average molecular weight is 366 g/mol. The highest BCUT2D eigenvalue weighted by Gasteiger charge is 2.18. The van der Waals surface area contributed by atoms with E-state index in [0.717, 1.165) is 12.1 Å². The number of nitrogens with one attached hydrogen (secondary N) is 1. The van der Waals surface area contributed by atoms with Crippen LogP contribution in [0.2, 0.25) is 0 Å². The summed E-state index contributed by atoms with van der Waals surface area (Å²) in [6, 6.07) is 5.23. The van der Waals surface area contributed by atoms with Gasteiger partial charge in [-0.05, 0) is 46.3 Å². The molecule has 0 bridgehead atoms. The van der Waals surface area contributed by atoms with Crippen molar-refractivity contribution in [3.63, 3.8) is 0 Å². The van der Waals surface area contributed by atoms with Crippen molar-refractivity contribution in [2.24, 2.45) is 0 Å². The predicted molar refractivity (Wildman–Crippen MR) is 71.3 cm³/mol. The molecule has 8 heteroatoms. The van der Waals surface area contributed by atoms with Crippen molar-refractivity contribution in [2.45, 2.75) is 4.90 Å². The first kappa shape index (κ1) is 14.9. The summed E-state index contributed by atoms with van der Waals surface area (Å²) >= 11 is 2.99. The second-order valence-corrected chi connectivity index (χ2v) is 6.37. The molecular weight excluding hydrogens is 359 g/mol. The summed E-state index contributed by atoms with van der Waals surface area (Å²) in [5, 5.41) is 0. The molecular formula is C12H7BrF3NO2S. The maximum Gasteiger partial charge on any atom is 0.262 e. The van der Waals surface area contributed by atoms with Crippen LogP contribution in [-0.4, -0.2) is 8.42 Å². The molecule has 0 heterocycles. The highest BCUT2D eigenvalue weighted by molar-refractivity contribution is 9.10. The van der Waals surface area contributed by atoms with Gasteiger partial charge < -0.3 is 0 Å². The summed E-state index contributed by atoms with van der Waals surface area (Å²) in [5.41, 5.74) is 0.0519. The van der Waals surface area contributed by atoms with Crippen LogP contribution in [0.15, 0.2) is 45.8 Å². The smallest absolute Gasteiger partial charge is 0.262 e. The van der Waals surface area contributed by atoms with Gasteiger partial charge in [0.25, 0.3) is 10.0 Å². The first-order chi connectivity index (χ1) is 9.28. The number of hydrogen-bond donors (Lipinski definition) is 1. The van der Waals surface area contributed by atoms with Gasteiger partial charge >= 0.3 is 0 Å². The number of halogens is 4. The molecule has 3 nitrogen and oxygen atoms in total. The number of rotatable bonds is 3. The van der Waals surface area contributed by atoms with Crippen LogP contribution in [0.1, 0.15) is 0 Å². The maximum atomic E-state index is 13.0. The Balaban J connectivity index is 2.40.